The summed E-state index contributed by atoms with van der Waals surface area (Å²) in [6.07, 6.45) is -0.932. The van der Waals surface area contributed by atoms with Crippen LogP contribution in [0.1, 0.15) is 20.3 Å². The van der Waals surface area contributed by atoms with Gasteiger partial charge >= 0.3 is 5.97 Å². The first-order valence-corrected chi connectivity index (χ1v) is 5.34. The zero-order valence-electron chi connectivity index (χ0n) is 9.79. The second-order valence-corrected chi connectivity index (χ2v) is 3.99. The summed E-state index contributed by atoms with van der Waals surface area (Å²) in [5.74, 6) is -1.53. The Morgan fingerprint density at radius 2 is 2.24 bits per heavy atom. The Bertz CT molecular complexity index is 340. The lowest BCUT2D eigenvalue weighted by Gasteiger charge is -2.27. The van der Waals surface area contributed by atoms with E-state index in [1.165, 1.54) is 4.90 Å². The molecule has 17 heavy (non-hydrogen) atoms. The Morgan fingerprint density at radius 3 is 2.65 bits per heavy atom. The monoisotopic (exact) mass is 244 g/mol. The highest BCUT2D eigenvalue weighted by Gasteiger charge is 2.34. The Balaban J connectivity index is 2.63. The number of carboxylic acid groups (broad SMARTS) is 1. The van der Waals surface area contributed by atoms with Gasteiger partial charge in [0, 0.05) is 19.0 Å². The van der Waals surface area contributed by atoms with Crippen LogP contribution in [0.2, 0.25) is 0 Å². The van der Waals surface area contributed by atoms with Crippen LogP contribution in [0.3, 0.4) is 0 Å². The predicted molar refractivity (Wildman–Crippen MR) is 58.5 cm³/mol. The van der Waals surface area contributed by atoms with Gasteiger partial charge in [0.25, 0.3) is 5.91 Å². The van der Waals surface area contributed by atoms with Crippen LogP contribution in [-0.2, 0) is 14.4 Å². The summed E-state index contributed by atoms with van der Waals surface area (Å²) in [7, 11) is 0. The molecule has 0 bridgehead atoms. The third-order valence-electron chi connectivity index (χ3n) is 2.44. The molecular weight excluding hydrogens is 228 g/mol. The highest BCUT2D eigenvalue weighted by atomic mass is 16.6. The number of nitrogens with zero attached hydrogens (tertiary/aromatic N) is 2. The largest absolute Gasteiger partial charge is 0.477 e. The number of amides is 1. The van der Waals surface area contributed by atoms with E-state index in [9.17, 15) is 9.59 Å². The minimum Gasteiger partial charge on any atom is -0.477 e. The van der Waals surface area contributed by atoms with Crippen LogP contribution in [0.25, 0.3) is 0 Å². The fourth-order valence-corrected chi connectivity index (χ4v) is 1.55. The van der Waals surface area contributed by atoms with E-state index in [0.717, 1.165) is 0 Å². The smallest absolute Gasteiger partial charge is 0.353 e. The molecule has 1 unspecified atom stereocenters. The molecule has 0 radical (unpaired) electrons. The molecule has 0 aliphatic carbocycles. The van der Waals surface area contributed by atoms with E-state index in [0.29, 0.717) is 0 Å². The van der Waals surface area contributed by atoms with E-state index in [-0.39, 0.29) is 37.2 Å². The number of aliphatic hydroxyl groups is 1. The SMILES string of the molecule is CC(C)N(CCO)C(=O)C1CC(C(=O)O)=NO1. The Morgan fingerprint density at radius 1 is 1.59 bits per heavy atom. The average Bonchev–Trinajstić information content (AvgIpc) is 2.73. The third-order valence-corrected chi connectivity index (χ3v) is 2.44. The molecule has 7 heteroatoms. The van der Waals surface area contributed by atoms with Gasteiger partial charge in [-0.25, -0.2) is 4.79 Å². The molecule has 0 saturated carbocycles. The third kappa shape index (κ3) is 3.16. The average molecular weight is 244 g/mol. The molecule has 0 fully saturated rings. The Labute approximate surface area is 98.7 Å². The van der Waals surface area contributed by atoms with Gasteiger partial charge in [0.15, 0.2) is 5.71 Å². The number of carbonyl (C=O) groups is 2. The van der Waals surface area contributed by atoms with Gasteiger partial charge in [0.2, 0.25) is 6.10 Å². The van der Waals surface area contributed by atoms with Crippen LogP contribution in [-0.4, -0.2) is 58.0 Å². The minimum atomic E-state index is -1.18. The maximum atomic E-state index is 12.0. The standard InChI is InChI=1S/C10H16N2O5/c1-6(2)12(3-4-13)9(14)8-5-7(10(15)16)11-17-8/h6,8,13H,3-5H2,1-2H3,(H,15,16). The van der Waals surface area contributed by atoms with Crippen LogP contribution in [0, 0.1) is 0 Å². The van der Waals surface area contributed by atoms with Gasteiger partial charge in [-0.15, -0.1) is 0 Å². The van der Waals surface area contributed by atoms with Crippen molar-refractivity contribution in [3.63, 3.8) is 0 Å². The molecule has 0 spiro atoms. The summed E-state index contributed by atoms with van der Waals surface area (Å²) < 4.78 is 0. The van der Waals surface area contributed by atoms with Crippen molar-refractivity contribution in [2.45, 2.75) is 32.4 Å². The van der Waals surface area contributed by atoms with Crippen molar-refractivity contribution in [3.8, 4) is 0 Å². The van der Waals surface area contributed by atoms with Crippen LogP contribution in [0.5, 0.6) is 0 Å². The van der Waals surface area contributed by atoms with Gasteiger partial charge in [-0.1, -0.05) is 5.16 Å². The number of hydrogen-bond donors (Lipinski definition) is 2. The molecule has 0 aromatic heterocycles. The van der Waals surface area contributed by atoms with Crippen molar-refractivity contribution in [1.82, 2.24) is 4.90 Å². The molecule has 0 aromatic carbocycles. The van der Waals surface area contributed by atoms with Crippen molar-refractivity contribution in [2.75, 3.05) is 13.2 Å². The quantitative estimate of drug-likeness (QED) is 0.675. The number of aliphatic carboxylic acids is 1. The highest BCUT2D eigenvalue weighted by molar-refractivity contribution is 6.36. The maximum Gasteiger partial charge on any atom is 0.353 e. The van der Waals surface area contributed by atoms with E-state index in [1.54, 1.807) is 0 Å². The van der Waals surface area contributed by atoms with Gasteiger partial charge in [-0.05, 0) is 13.8 Å². The molecule has 1 aliphatic heterocycles. The number of rotatable bonds is 5. The Hall–Kier alpha value is -1.63. The second-order valence-electron chi connectivity index (χ2n) is 3.99. The molecule has 0 saturated heterocycles. The van der Waals surface area contributed by atoms with Crippen molar-refractivity contribution in [1.29, 1.82) is 0 Å². The zero-order chi connectivity index (χ0) is 13.0. The van der Waals surface area contributed by atoms with E-state index in [4.69, 9.17) is 15.1 Å². The van der Waals surface area contributed by atoms with Gasteiger partial charge < -0.3 is 20.0 Å². The first-order valence-electron chi connectivity index (χ1n) is 5.34. The van der Waals surface area contributed by atoms with Gasteiger partial charge in [-0.3, -0.25) is 4.79 Å². The van der Waals surface area contributed by atoms with Gasteiger partial charge in [-0.2, -0.15) is 0 Å². The second kappa shape index (κ2) is 5.62. The topological polar surface area (TPSA) is 99.4 Å². The van der Waals surface area contributed by atoms with E-state index in [2.05, 4.69) is 5.16 Å². The first-order chi connectivity index (χ1) is 7.97. The Kier molecular flexibility index (Phi) is 4.45. The van der Waals surface area contributed by atoms with Gasteiger partial charge in [0.05, 0.1) is 6.61 Å². The number of hydrogen-bond acceptors (Lipinski definition) is 5. The molecule has 0 aromatic rings. The summed E-state index contributed by atoms with van der Waals surface area (Å²) in [6, 6.07) is -0.0906. The molecule has 7 nitrogen and oxygen atoms in total. The van der Waals surface area contributed by atoms with Crippen LogP contribution in [0.15, 0.2) is 5.16 Å². The lowest BCUT2D eigenvalue weighted by Crippen LogP contribution is -2.45. The van der Waals surface area contributed by atoms with Crippen molar-refractivity contribution in [2.24, 2.45) is 5.16 Å². The van der Waals surface area contributed by atoms with Gasteiger partial charge in [0.1, 0.15) is 0 Å². The van der Waals surface area contributed by atoms with Crippen LogP contribution >= 0.6 is 0 Å². The predicted octanol–water partition coefficient (Wildman–Crippen LogP) is -0.555. The van der Waals surface area contributed by atoms with E-state index in [1.807, 2.05) is 13.8 Å². The van der Waals surface area contributed by atoms with Crippen molar-refractivity contribution < 1.29 is 24.6 Å². The van der Waals surface area contributed by atoms with E-state index >= 15 is 0 Å². The van der Waals surface area contributed by atoms with Crippen LogP contribution in [0.4, 0.5) is 0 Å². The molecule has 1 amide bonds. The minimum absolute atomic E-state index is 0.0389. The summed E-state index contributed by atoms with van der Waals surface area (Å²) in [5, 5.41) is 20.9. The lowest BCUT2D eigenvalue weighted by atomic mass is 10.1. The molecule has 1 atom stereocenters. The van der Waals surface area contributed by atoms with E-state index < -0.39 is 12.1 Å². The molecule has 96 valence electrons. The molecule has 2 N–H and O–H groups in total. The molecular formula is C10H16N2O5. The van der Waals surface area contributed by atoms with Crippen molar-refractivity contribution in [3.05, 3.63) is 0 Å². The van der Waals surface area contributed by atoms with Crippen LogP contribution < -0.4 is 0 Å². The lowest BCUT2D eigenvalue weighted by molar-refractivity contribution is -0.144. The summed E-state index contributed by atoms with van der Waals surface area (Å²) >= 11 is 0. The summed E-state index contributed by atoms with van der Waals surface area (Å²) in [4.78, 5) is 28.8. The number of aliphatic hydroxyl groups excluding tert-OH is 1. The zero-order valence-corrected chi connectivity index (χ0v) is 9.79. The highest BCUT2D eigenvalue weighted by Crippen LogP contribution is 2.15. The number of carbonyl (C=O) groups excluding carboxylic acids is 1. The number of carboxylic acids is 1. The molecule has 1 aliphatic rings. The molecule has 1 heterocycles. The first kappa shape index (κ1) is 13.4. The van der Waals surface area contributed by atoms with Crippen molar-refractivity contribution >= 4 is 17.6 Å². The summed E-state index contributed by atoms with van der Waals surface area (Å²) in [6.45, 7) is 3.66. The normalized spacial score (nSPS) is 18.8. The number of oxime groups is 1. The molecule has 1 rings (SSSR count). The maximum absolute atomic E-state index is 12.0. The summed E-state index contributed by atoms with van der Waals surface area (Å²) in [5.41, 5.74) is -0.156. The fourth-order valence-electron chi connectivity index (χ4n) is 1.55. The fraction of sp³-hybridized carbons (Fsp3) is 0.700.